The third kappa shape index (κ3) is 3.19. The van der Waals surface area contributed by atoms with Crippen LogP contribution in [0.5, 0.6) is 0 Å². The molecule has 6 heteroatoms. The van der Waals surface area contributed by atoms with Crippen molar-refractivity contribution in [1.82, 2.24) is 15.0 Å². The van der Waals surface area contributed by atoms with E-state index in [0.29, 0.717) is 5.56 Å². The average Bonchev–Trinajstić information content (AvgIpc) is 3.10. The summed E-state index contributed by atoms with van der Waals surface area (Å²) in [5, 5.41) is 0.755. The summed E-state index contributed by atoms with van der Waals surface area (Å²) < 4.78 is 4.77. The molecule has 1 N–H and O–H groups in total. The van der Waals surface area contributed by atoms with E-state index in [0.717, 1.165) is 32.3 Å². The van der Waals surface area contributed by atoms with E-state index in [1.165, 1.54) is 18.9 Å². The van der Waals surface area contributed by atoms with Gasteiger partial charge in [0.25, 0.3) is 0 Å². The van der Waals surface area contributed by atoms with E-state index < -0.39 is 0 Å². The number of carbonyl (C=O) groups is 1. The molecule has 2 aromatic carbocycles. The molecule has 0 amide bonds. The summed E-state index contributed by atoms with van der Waals surface area (Å²) >= 11 is 1.53. The number of hydrogen-bond donors (Lipinski definition) is 1. The first-order valence-electron chi connectivity index (χ1n) is 8.01. The monoisotopic (exact) mass is 361 g/mol. The van der Waals surface area contributed by atoms with Gasteiger partial charge in [0.15, 0.2) is 5.16 Å². The summed E-state index contributed by atoms with van der Waals surface area (Å²) in [6, 6.07) is 19.2. The third-order valence-corrected chi connectivity index (χ3v) is 4.88. The van der Waals surface area contributed by atoms with E-state index >= 15 is 0 Å². The SMILES string of the molecule is COC(=O)c1ccc2nc(Sc3ccccc3-c3ccccn3)[nH]c2c1. The summed E-state index contributed by atoms with van der Waals surface area (Å²) in [7, 11) is 1.37. The van der Waals surface area contributed by atoms with Crippen molar-refractivity contribution >= 4 is 28.8 Å². The minimum Gasteiger partial charge on any atom is -0.465 e. The molecule has 0 aliphatic rings. The Morgan fingerprint density at radius 3 is 2.73 bits per heavy atom. The van der Waals surface area contributed by atoms with Gasteiger partial charge in [-0.05, 0) is 36.4 Å². The number of fused-ring (bicyclic) bond motifs is 1. The number of aromatic amines is 1. The van der Waals surface area contributed by atoms with E-state index in [4.69, 9.17) is 4.74 Å². The molecule has 0 unspecified atom stereocenters. The smallest absolute Gasteiger partial charge is 0.337 e. The average molecular weight is 361 g/mol. The fourth-order valence-corrected chi connectivity index (χ4v) is 3.62. The number of rotatable bonds is 4. The number of nitrogens with zero attached hydrogens (tertiary/aromatic N) is 2. The highest BCUT2D eigenvalue weighted by Gasteiger charge is 2.12. The van der Waals surface area contributed by atoms with Crippen LogP contribution in [0, 0.1) is 0 Å². The van der Waals surface area contributed by atoms with Gasteiger partial charge in [-0.25, -0.2) is 9.78 Å². The van der Waals surface area contributed by atoms with E-state index in [-0.39, 0.29) is 5.97 Å². The molecule has 0 saturated heterocycles. The van der Waals surface area contributed by atoms with Gasteiger partial charge in [-0.2, -0.15) is 0 Å². The topological polar surface area (TPSA) is 67.9 Å². The number of ether oxygens (including phenoxy) is 1. The maximum atomic E-state index is 11.7. The number of esters is 1. The molecule has 2 heterocycles. The van der Waals surface area contributed by atoms with Gasteiger partial charge in [0, 0.05) is 16.7 Å². The minimum absolute atomic E-state index is 0.365. The van der Waals surface area contributed by atoms with Crippen LogP contribution in [-0.4, -0.2) is 28.0 Å². The predicted molar refractivity (Wildman–Crippen MR) is 101 cm³/mol. The largest absolute Gasteiger partial charge is 0.465 e. The second kappa shape index (κ2) is 7.01. The van der Waals surface area contributed by atoms with Crippen molar-refractivity contribution in [1.29, 1.82) is 0 Å². The Balaban J connectivity index is 1.69. The summed E-state index contributed by atoms with van der Waals surface area (Å²) in [6.07, 6.45) is 1.78. The van der Waals surface area contributed by atoms with Crippen molar-refractivity contribution in [3.63, 3.8) is 0 Å². The third-order valence-electron chi connectivity index (χ3n) is 3.92. The molecule has 0 saturated carbocycles. The molecule has 128 valence electrons. The van der Waals surface area contributed by atoms with Gasteiger partial charge >= 0.3 is 5.97 Å². The van der Waals surface area contributed by atoms with Crippen LogP contribution in [-0.2, 0) is 4.74 Å². The summed E-state index contributed by atoms with van der Waals surface area (Å²) in [5.74, 6) is -0.365. The number of hydrogen-bond acceptors (Lipinski definition) is 5. The lowest BCUT2D eigenvalue weighted by atomic mass is 10.1. The Kier molecular flexibility index (Phi) is 4.41. The minimum atomic E-state index is -0.365. The highest BCUT2D eigenvalue weighted by atomic mass is 32.2. The number of carbonyl (C=O) groups excluding carboxylic acids is 1. The lowest BCUT2D eigenvalue weighted by Crippen LogP contribution is -2.00. The molecule has 0 fully saturated rings. The number of imidazole rings is 1. The molecule has 0 spiro atoms. The van der Waals surface area contributed by atoms with Gasteiger partial charge in [0.05, 0.1) is 29.4 Å². The van der Waals surface area contributed by atoms with Crippen LogP contribution < -0.4 is 0 Å². The normalized spacial score (nSPS) is 10.8. The molecule has 5 nitrogen and oxygen atoms in total. The van der Waals surface area contributed by atoms with Gasteiger partial charge in [-0.1, -0.05) is 36.0 Å². The molecule has 0 radical (unpaired) electrons. The molecule has 4 rings (SSSR count). The molecule has 2 aromatic heterocycles. The molecule has 0 bridgehead atoms. The van der Waals surface area contributed by atoms with Crippen LogP contribution in [0.15, 0.2) is 76.9 Å². The zero-order chi connectivity index (χ0) is 17.9. The fourth-order valence-electron chi connectivity index (χ4n) is 2.67. The van der Waals surface area contributed by atoms with Crippen molar-refractivity contribution in [2.45, 2.75) is 10.1 Å². The number of H-pyrrole nitrogens is 1. The quantitative estimate of drug-likeness (QED) is 0.540. The summed E-state index contributed by atoms with van der Waals surface area (Å²) in [6.45, 7) is 0. The van der Waals surface area contributed by atoms with Crippen molar-refractivity contribution in [2.24, 2.45) is 0 Å². The van der Waals surface area contributed by atoms with Crippen LogP contribution in [0.25, 0.3) is 22.3 Å². The Bertz CT molecular complexity index is 1080. The molecule has 0 atom stereocenters. The fraction of sp³-hybridized carbons (Fsp3) is 0.0500. The first-order valence-corrected chi connectivity index (χ1v) is 8.82. The molecular formula is C20H15N3O2S. The molecular weight excluding hydrogens is 346 g/mol. The van der Waals surface area contributed by atoms with Crippen LogP contribution in [0.1, 0.15) is 10.4 Å². The first-order chi connectivity index (χ1) is 12.7. The van der Waals surface area contributed by atoms with E-state index in [9.17, 15) is 4.79 Å². The van der Waals surface area contributed by atoms with E-state index in [2.05, 4.69) is 15.0 Å². The highest BCUT2D eigenvalue weighted by molar-refractivity contribution is 7.99. The predicted octanol–water partition coefficient (Wildman–Crippen LogP) is 4.56. The second-order valence-electron chi connectivity index (χ2n) is 5.58. The van der Waals surface area contributed by atoms with E-state index in [1.807, 2.05) is 48.5 Å². The Hall–Kier alpha value is -3.12. The number of pyridine rings is 1. The van der Waals surface area contributed by atoms with Gasteiger partial charge in [-0.15, -0.1) is 0 Å². The molecule has 4 aromatic rings. The lowest BCUT2D eigenvalue weighted by molar-refractivity contribution is 0.0601. The number of nitrogens with one attached hydrogen (secondary N) is 1. The number of benzene rings is 2. The highest BCUT2D eigenvalue weighted by Crippen LogP contribution is 2.34. The van der Waals surface area contributed by atoms with Crippen LogP contribution in [0.2, 0.25) is 0 Å². The van der Waals surface area contributed by atoms with Gasteiger partial charge in [-0.3, -0.25) is 4.98 Å². The van der Waals surface area contributed by atoms with Gasteiger partial charge in [0.1, 0.15) is 0 Å². The van der Waals surface area contributed by atoms with Gasteiger partial charge < -0.3 is 9.72 Å². The van der Waals surface area contributed by atoms with Crippen LogP contribution in [0.3, 0.4) is 0 Å². The maximum absolute atomic E-state index is 11.7. The first kappa shape index (κ1) is 16.4. The second-order valence-corrected chi connectivity index (χ2v) is 6.61. The zero-order valence-electron chi connectivity index (χ0n) is 14.0. The molecule has 26 heavy (non-hydrogen) atoms. The van der Waals surface area contributed by atoms with Crippen LogP contribution >= 0.6 is 11.8 Å². The van der Waals surface area contributed by atoms with Crippen molar-refractivity contribution in [3.8, 4) is 11.3 Å². The Labute approximate surface area is 154 Å². The summed E-state index contributed by atoms with van der Waals surface area (Å²) in [4.78, 5) is 25.1. The Morgan fingerprint density at radius 2 is 1.92 bits per heavy atom. The molecule has 0 aliphatic heterocycles. The van der Waals surface area contributed by atoms with Gasteiger partial charge in [0.2, 0.25) is 0 Å². The van der Waals surface area contributed by atoms with E-state index in [1.54, 1.807) is 18.3 Å². The Morgan fingerprint density at radius 1 is 1.08 bits per heavy atom. The standard InChI is InChI=1S/C20H15N3O2S/c1-25-19(24)13-9-10-16-17(12-13)23-20(22-16)26-18-8-3-2-6-14(18)15-7-4-5-11-21-15/h2-12H,1H3,(H,22,23). The number of aromatic nitrogens is 3. The molecule has 0 aliphatic carbocycles. The lowest BCUT2D eigenvalue weighted by Gasteiger charge is -2.06. The van der Waals surface area contributed by atoms with Crippen molar-refractivity contribution < 1.29 is 9.53 Å². The number of methoxy groups -OCH3 is 1. The summed E-state index contributed by atoms with van der Waals surface area (Å²) in [5.41, 5.74) is 4.06. The van der Waals surface area contributed by atoms with Crippen LogP contribution in [0.4, 0.5) is 0 Å². The van der Waals surface area contributed by atoms with Crippen molar-refractivity contribution in [3.05, 3.63) is 72.4 Å². The zero-order valence-corrected chi connectivity index (χ0v) is 14.8. The van der Waals surface area contributed by atoms with Crippen molar-refractivity contribution in [2.75, 3.05) is 7.11 Å². The maximum Gasteiger partial charge on any atom is 0.337 e.